The standard InChI is InChI=1S/C16H19NO4/c1-10-6-7-13(21-10)15(18)17-9-8-11-4-2-3-5-12(11)14(17)16(19)20/h2-5,10,13-14H,6-9H2,1H3,(H,19,20). The van der Waals surface area contributed by atoms with Crippen molar-refractivity contribution in [3.05, 3.63) is 35.4 Å². The molecule has 112 valence electrons. The van der Waals surface area contributed by atoms with Gasteiger partial charge in [-0.05, 0) is 37.3 Å². The third-order valence-electron chi connectivity index (χ3n) is 4.31. The molecule has 0 bridgehead atoms. The Morgan fingerprint density at radius 1 is 1.29 bits per heavy atom. The second-order valence-electron chi connectivity index (χ2n) is 5.73. The van der Waals surface area contributed by atoms with Gasteiger partial charge in [0.2, 0.25) is 0 Å². The molecular formula is C16H19NO4. The van der Waals surface area contributed by atoms with E-state index in [0.717, 1.165) is 17.5 Å². The zero-order valence-electron chi connectivity index (χ0n) is 12.0. The van der Waals surface area contributed by atoms with E-state index in [1.165, 1.54) is 4.90 Å². The van der Waals surface area contributed by atoms with Crippen molar-refractivity contribution in [1.82, 2.24) is 4.90 Å². The van der Waals surface area contributed by atoms with Crippen LogP contribution in [0.15, 0.2) is 24.3 Å². The quantitative estimate of drug-likeness (QED) is 0.901. The predicted octanol–water partition coefficient (Wildman–Crippen LogP) is 1.76. The van der Waals surface area contributed by atoms with Gasteiger partial charge in [-0.1, -0.05) is 24.3 Å². The molecule has 2 heterocycles. The molecule has 0 radical (unpaired) electrons. The van der Waals surface area contributed by atoms with E-state index < -0.39 is 18.1 Å². The van der Waals surface area contributed by atoms with E-state index in [-0.39, 0.29) is 12.0 Å². The van der Waals surface area contributed by atoms with Crippen LogP contribution in [0.4, 0.5) is 0 Å². The van der Waals surface area contributed by atoms with E-state index in [0.29, 0.717) is 19.4 Å². The summed E-state index contributed by atoms with van der Waals surface area (Å²) in [5.74, 6) is -1.18. The summed E-state index contributed by atoms with van der Waals surface area (Å²) in [6.45, 7) is 2.37. The topological polar surface area (TPSA) is 66.8 Å². The van der Waals surface area contributed by atoms with Crippen LogP contribution in [0.25, 0.3) is 0 Å². The van der Waals surface area contributed by atoms with E-state index >= 15 is 0 Å². The molecule has 1 aromatic rings. The van der Waals surface area contributed by atoms with Crippen molar-refractivity contribution in [2.75, 3.05) is 6.54 Å². The van der Waals surface area contributed by atoms with Gasteiger partial charge < -0.3 is 14.7 Å². The number of hydrogen-bond donors (Lipinski definition) is 1. The number of ether oxygens (including phenoxy) is 1. The van der Waals surface area contributed by atoms with Crippen molar-refractivity contribution in [2.24, 2.45) is 0 Å². The highest BCUT2D eigenvalue weighted by atomic mass is 16.5. The van der Waals surface area contributed by atoms with E-state index in [4.69, 9.17) is 4.74 Å². The Labute approximate surface area is 123 Å². The summed E-state index contributed by atoms with van der Waals surface area (Å²) in [7, 11) is 0. The smallest absolute Gasteiger partial charge is 0.331 e. The average Bonchev–Trinajstić information content (AvgIpc) is 2.91. The maximum Gasteiger partial charge on any atom is 0.331 e. The number of carbonyl (C=O) groups excluding carboxylic acids is 1. The van der Waals surface area contributed by atoms with Gasteiger partial charge in [-0.15, -0.1) is 0 Å². The summed E-state index contributed by atoms with van der Waals surface area (Å²) in [6.07, 6.45) is 1.78. The first kappa shape index (κ1) is 14.1. The maximum absolute atomic E-state index is 12.6. The van der Waals surface area contributed by atoms with Gasteiger partial charge in [-0.25, -0.2) is 4.79 Å². The molecule has 1 saturated heterocycles. The van der Waals surface area contributed by atoms with Crippen LogP contribution in [0.2, 0.25) is 0 Å². The van der Waals surface area contributed by atoms with Gasteiger partial charge in [0.05, 0.1) is 6.10 Å². The lowest BCUT2D eigenvalue weighted by Gasteiger charge is -2.36. The molecule has 1 fully saturated rings. The number of benzene rings is 1. The van der Waals surface area contributed by atoms with Crippen LogP contribution >= 0.6 is 0 Å². The van der Waals surface area contributed by atoms with E-state index in [9.17, 15) is 14.7 Å². The number of carboxylic acids is 1. The summed E-state index contributed by atoms with van der Waals surface area (Å²) in [4.78, 5) is 25.8. The Morgan fingerprint density at radius 2 is 2.05 bits per heavy atom. The molecule has 0 spiro atoms. The van der Waals surface area contributed by atoms with E-state index in [1.807, 2.05) is 25.1 Å². The molecule has 0 aromatic heterocycles. The molecular weight excluding hydrogens is 270 g/mol. The molecule has 21 heavy (non-hydrogen) atoms. The Bertz CT molecular complexity index is 571. The van der Waals surface area contributed by atoms with Crippen molar-refractivity contribution in [1.29, 1.82) is 0 Å². The summed E-state index contributed by atoms with van der Waals surface area (Å²) < 4.78 is 5.61. The number of nitrogens with zero attached hydrogens (tertiary/aromatic N) is 1. The Hall–Kier alpha value is -1.88. The van der Waals surface area contributed by atoms with Crippen molar-refractivity contribution in [2.45, 2.75) is 44.4 Å². The second kappa shape index (κ2) is 5.48. The first-order chi connectivity index (χ1) is 10.1. The number of carbonyl (C=O) groups is 2. The molecule has 2 aliphatic heterocycles. The van der Waals surface area contributed by atoms with Gasteiger partial charge in [-0.3, -0.25) is 4.79 Å². The number of rotatable bonds is 2. The van der Waals surface area contributed by atoms with Crippen LogP contribution in [-0.2, 0) is 20.7 Å². The van der Waals surface area contributed by atoms with Crippen LogP contribution in [0.1, 0.15) is 36.9 Å². The minimum atomic E-state index is -0.985. The molecule has 1 aromatic carbocycles. The molecule has 1 amide bonds. The third-order valence-corrected chi connectivity index (χ3v) is 4.31. The lowest BCUT2D eigenvalue weighted by Crippen LogP contribution is -2.47. The SMILES string of the molecule is CC1CCC(C(=O)N2CCc3ccccc3C2C(=O)O)O1. The zero-order chi connectivity index (χ0) is 15.0. The highest BCUT2D eigenvalue weighted by Crippen LogP contribution is 2.32. The Morgan fingerprint density at radius 3 is 2.71 bits per heavy atom. The molecule has 3 atom stereocenters. The fourth-order valence-corrected chi connectivity index (χ4v) is 3.24. The van der Waals surface area contributed by atoms with E-state index in [2.05, 4.69) is 0 Å². The monoisotopic (exact) mass is 289 g/mol. The van der Waals surface area contributed by atoms with Gasteiger partial charge in [-0.2, -0.15) is 0 Å². The largest absolute Gasteiger partial charge is 0.479 e. The Kier molecular flexibility index (Phi) is 3.68. The normalized spacial score (nSPS) is 28.2. The first-order valence-corrected chi connectivity index (χ1v) is 7.34. The molecule has 3 unspecified atom stereocenters. The summed E-state index contributed by atoms with van der Waals surface area (Å²) >= 11 is 0. The maximum atomic E-state index is 12.6. The number of hydrogen-bond acceptors (Lipinski definition) is 3. The lowest BCUT2D eigenvalue weighted by molar-refractivity contribution is -0.156. The first-order valence-electron chi connectivity index (χ1n) is 7.34. The summed E-state index contributed by atoms with van der Waals surface area (Å²) in [6, 6.07) is 6.54. The van der Waals surface area contributed by atoms with Gasteiger partial charge in [0, 0.05) is 6.54 Å². The van der Waals surface area contributed by atoms with Crippen LogP contribution in [0.3, 0.4) is 0 Å². The zero-order valence-corrected chi connectivity index (χ0v) is 12.0. The highest BCUT2D eigenvalue weighted by Gasteiger charge is 2.40. The molecule has 3 rings (SSSR count). The fourth-order valence-electron chi connectivity index (χ4n) is 3.24. The van der Waals surface area contributed by atoms with Crippen LogP contribution in [-0.4, -0.2) is 40.6 Å². The second-order valence-corrected chi connectivity index (χ2v) is 5.73. The minimum Gasteiger partial charge on any atom is -0.479 e. The summed E-state index contributed by atoms with van der Waals surface area (Å²) in [5.41, 5.74) is 1.73. The number of aliphatic carboxylic acids is 1. The molecule has 0 aliphatic carbocycles. The van der Waals surface area contributed by atoms with E-state index in [1.54, 1.807) is 6.07 Å². The highest BCUT2D eigenvalue weighted by molar-refractivity contribution is 5.88. The third kappa shape index (κ3) is 2.53. The lowest BCUT2D eigenvalue weighted by atomic mass is 9.92. The van der Waals surface area contributed by atoms with Gasteiger partial charge >= 0.3 is 5.97 Å². The average molecular weight is 289 g/mol. The van der Waals surface area contributed by atoms with Gasteiger partial charge in [0.15, 0.2) is 6.04 Å². The molecule has 5 heteroatoms. The van der Waals surface area contributed by atoms with Crippen molar-refractivity contribution in [3.8, 4) is 0 Å². The Balaban J connectivity index is 1.89. The number of amides is 1. The van der Waals surface area contributed by atoms with Crippen LogP contribution in [0, 0.1) is 0 Å². The fraction of sp³-hybridized carbons (Fsp3) is 0.500. The predicted molar refractivity (Wildman–Crippen MR) is 75.8 cm³/mol. The van der Waals surface area contributed by atoms with Crippen molar-refractivity contribution < 1.29 is 19.4 Å². The van der Waals surface area contributed by atoms with Crippen LogP contribution < -0.4 is 0 Å². The minimum absolute atomic E-state index is 0.0688. The molecule has 2 aliphatic rings. The summed E-state index contributed by atoms with van der Waals surface area (Å²) in [5, 5.41) is 9.56. The number of carboxylic acid groups (broad SMARTS) is 1. The van der Waals surface area contributed by atoms with Crippen LogP contribution in [0.5, 0.6) is 0 Å². The molecule has 5 nitrogen and oxygen atoms in total. The molecule has 1 N–H and O–H groups in total. The van der Waals surface area contributed by atoms with Gasteiger partial charge in [0.1, 0.15) is 6.10 Å². The van der Waals surface area contributed by atoms with Gasteiger partial charge in [0.25, 0.3) is 5.91 Å². The number of fused-ring (bicyclic) bond motifs is 1. The molecule has 0 saturated carbocycles. The van der Waals surface area contributed by atoms with Crippen molar-refractivity contribution in [3.63, 3.8) is 0 Å². The van der Waals surface area contributed by atoms with Crippen molar-refractivity contribution >= 4 is 11.9 Å².